The van der Waals surface area contributed by atoms with Gasteiger partial charge in [0.15, 0.2) is 0 Å². The van der Waals surface area contributed by atoms with Gasteiger partial charge < -0.3 is 9.84 Å². The third-order valence-electron chi connectivity index (χ3n) is 3.72. The van der Waals surface area contributed by atoms with Crippen LogP contribution in [0.5, 0.6) is 0 Å². The number of hydrogen-bond acceptors (Lipinski definition) is 3. The first-order chi connectivity index (χ1) is 10.3. The first-order valence-electron chi connectivity index (χ1n) is 6.99. The molecule has 0 aromatic heterocycles. The van der Waals surface area contributed by atoms with Gasteiger partial charge in [-0.05, 0) is 29.2 Å². The fourth-order valence-corrected chi connectivity index (χ4v) is 2.64. The quantitative estimate of drug-likeness (QED) is 0.942. The minimum absolute atomic E-state index is 0.00389. The van der Waals surface area contributed by atoms with Crippen LogP contribution in [0.15, 0.2) is 48.5 Å². The van der Waals surface area contributed by atoms with Crippen LogP contribution < -0.4 is 4.90 Å². The Morgan fingerprint density at radius 2 is 1.95 bits per heavy atom. The molecule has 1 heterocycles. The maximum absolute atomic E-state index is 12.2. The van der Waals surface area contributed by atoms with E-state index >= 15 is 0 Å². The highest BCUT2D eigenvalue weighted by Crippen LogP contribution is 2.31. The predicted octanol–water partition coefficient (Wildman–Crippen LogP) is 2.88. The average Bonchev–Trinajstić information content (AvgIpc) is 2.97. The number of fused-ring (bicyclic) bond motifs is 1. The molecule has 0 saturated heterocycles. The van der Waals surface area contributed by atoms with E-state index < -0.39 is 0 Å². The van der Waals surface area contributed by atoms with Gasteiger partial charge in [0.25, 0.3) is 0 Å². The molecule has 3 rings (SSSR count). The molecule has 1 aliphatic rings. The number of aliphatic hydroxyl groups excluding tert-OH is 1. The highest BCUT2D eigenvalue weighted by atomic mass is 16.6. The molecule has 0 radical (unpaired) electrons. The van der Waals surface area contributed by atoms with Gasteiger partial charge in [-0.1, -0.05) is 42.5 Å². The van der Waals surface area contributed by atoms with Gasteiger partial charge in [0, 0.05) is 6.54 Å². The van der Waals surface area contributed by atoms with E-state index in [9.17, 15) is 9.90 Å². The molecule has 108 valence electrons. The minimum Gasteiger partial charge on any atom is -0.444 e. The van der Waals surface area contributed by atoms with Crippen molar-refractivity contribution >= 4 is 11.8 Å². The van der Waals surface area contributed by atoms with E-state index in [1.54, 1.807) is 4.90 Å². The molecule has 1 aliphatic heterocycles. The molecule has 2 aromatic carbocycles. The zero-order valence-electron chi connectivity index (χ0n) is 11.7. The first kappa shape index (κ1) is 13.6. The normalized spacial score (nSPS) is 13.1. The van der Waals surface area contributed by atoms with Crippen molar-refractivity contribution in [2.24, 2.45) is 0 Å². The molecule has 0 atom stereocenters. The van der Waals surface area contributed by atoms with E-state index in [-0.39, 0.29) is 19.3 Å². The van der Waals surface area contributed by atoms with Crippen LogP contribution in [0.1, 0.15) is 16.7 Å². The summed E-state index contributed by atoms with van der Waals surface area (Å²) < 4.78 is 5.37. The van der Waals surface area contributed by atoms with Crippen molar-refractivity contribution in [2.75, 3.05) is 11.4 Å². The summed E-state index contributed by atoms with van der Waals surface area (Å²) in [6.07, 6.45) is 0.416. The van der Waals surface area contributed by atoms with Gasteiger partial charge in [-0.15, -0.1) is 0 Å². The van der Waals surface area contributed by atoms with Crippen molar-refractivity contribution < 1.29 is 14.6 Å². The van der Waals surface area contributed by atoms with Crippen LogP contribution in [-0.4, -0.2) is 17.7 Å². The number of anilines is 1. The van der Waals surface area contributed by atoms with E-state index in [1.165, 1.54) is 0 Å². The Labute approximate surface area is 123 Å². The lowest BCUT2D eigenvalue weighted by Gasteiger charge is -2.17. The zero-order valence-corrected chi connectivity index (χ0v) is 11.7. The summed E-state index contributed by atoms with van der Waals surface area (Å²) in [4.78, 5) is 13.9. The summed E-state index contributed by atoms with van der Waals surface area (Å²) in [5.74, 6) is 0. The molecule has 4 nitrogen and oxygen atoms in total. The molecule has 1 N–H and O–H groups in total. The molecule has 0 bridgehead atoms. The van der Waals surface area contributed by atoms with Crippen molar-refractivity contribution in [3.05, 3.63) is 65.2 Å². The molecule has 21 heavy (non-hydrogen) atoms. The average molecular weight is 283 g/mol. The van der Waals surface area contributed by atoms with E-state index in [4.69, 9.17) is 4.74 Å². The van der Waals surface area contributed by atoms with Gasteiger partial charge in [0.05, 0.1) is 12.3 Å². The number of amides is 1. The Morgan fingerprint density at radius 1 is 1.14 bits per heavy atom. The van der Waals surface area contributed by atoms with E-state index in [0.29, 0.717) is 6.54 Å². The highest BCUT2D eigenvalue weighted by molar-refractivity contribution is 5.90. The lowest BCUT2D eigenvalue weighted by Crippen LogP contribution is -2.29. The molecule has 1 amide bonds. The number of hydrogen-bond donors (Lipinski definition) is 1. The topological polar surface area (TPSA) is 49.8 Å². The van der Waals surface area contributed by atoms with Gasteiger partial charge >= 0.3 is 6.09 Å². The second-order valence-corrected chi connectivity index (χ2v) is 5.01. The molecule has 0 aliphatic carbocycles. The highest BCUT2D eigenvalue weighted by Gasteiger charge is 2.27. The largest absolute Gasteiger partial charge is 0.444 e. The monoisotopic (exact) mass is 283 g/mol. The zero-order chi connectivity index (χ0) is 14.7. The molecular weight excluding hydrogens is 266 g/mol. The van der Waals surface area contributed by atoms with Crippen LogP contribution in [0.4, 0.5) is 10.5 Å². The maximum Gasteiger partial charge on any atom is 0.414 e. The molecular formula is C17H17NO3. The summed E-state index contributed by atoms with van der Waals surface area (Å²) in [6, 6.07) is 15.3. The fourth-order valence-electron chi connectivity index (χ4n) is 2.64. The summed E-state index contributed by atoms with van der Waals surface area (Å²) in [6.45, 7) is 0.862. The van der Waals surface area contributed by atoms with Crippen LogP contribution in [0.25, 0.3) is 0 Å². The van der Waals surface area contributed by atoms with Crippen molar-refractivity contribution in [2.45, 2.75) is 19.6 Å². The van der Waals surface area contributed by atoms with Crippen molar-refractivity contribution in [1.29, 1.82) is 0 Å². The molecule has 2 aromatic rings. The molecule has 0 spiro atoms. The summed E-state index contributed by atoms with van der Waals surface area (Å²) in [5.41, 5.74) is 3.73. The van der Waals surface area contributed by atoms with Crippen LogP contribution in [0.3, 0.4) is 0 Å². The number of ether oxygens (including phenoxy) is 1. The number of carbonyl (C=O) groups excluding carboxylic acids is 1. The smallest absolute Gasteiger partial charge is 0.414 e. The lowest BCUT2D eigenvalue weighted by molar-refractivity contribution is 0.147. The second kappa shape index (κ2) is 5.97. The minimum atomic E-state index is -0.340. The molecule has 0 fully saturated rings. The van der Waals surface area contributed by atoms with Crippen molar-refractivity contribution in [3.8, 4) is 0 Å². The van der Waals surface area contributed by atoms with Gasteiger partial charge in [-0.3, -0.25) is 4.90 Å². The number of nitrogens with zero attached hydrogens (tertiary/aromatic N) is 1. The number of carbonyl (C=O) groups is 1. The van der Waals surface area contributed by atoms with E-state index in [2.05, 4.69) is 0 Å². The van der Waals surface area contributed by atoms with Crippen LogP contribution >= 0.6 is 0 Å². The molecule has 4 heteroatoms. The predicted molar refractivity (Wildman–Crippen MR) is 80.0 cm³/mol. The Balaban J connectivity index is 1.71. The van der Waals surface area contributed by atoms with E-state index in [1.807, 2.05) is 48.5 Å². The summed E-state index contributed by atoms with van der Waals surface area (Å²) in [7, 11) is 0. The first-order valence-corrected chi connectivity index (χ1v) is 6.99. The third kappa shape index (κ3) is 2.76. The second-order valence-electron chi connectivity index (χ2n) is 5.01. The molecule has 0 saturated carbocycles. The van der Waals surface area contributed by atoms with Gasteiger partial charge in [0.1, 0.15) is 6.61 Å². The summed E-state index contributed by atoms with van der Waals surface area (Å²) >= 11 is 0. The Morgan fingerprint density at radius 3 is 2.71 bits per heavy atom. The van der Waals surface area contributed by atoms with Crippen molar-refractivity contribution in [1.82, 2.24) is 0 Å². The van der Waals surface area contributed by atoms with Gasteiger partial charge in [0.2, 0.25) is 0 Å². The van der Waals surface area contributed by atoms with Crippen LogP contribution in [0.2, 0.25) is 0 Å². The van der Waals surface area contributed by atoms with Gasteiger partial charge in [-0.2, -0.15) is 0 Å². The lowest BCUT2D eigenvalue weighted by atomic mass is 10.1. The van der Waals surface area contributed by atoms with Crippen LogP contribution in [-0.2, 0) is 24.4 Å². The van der Waals surface area contributed by atoms with Crippen LogP contribution in [0, 0.1) is 0 Å². The van der Waals surface area contributed by atoms with E-state index in [0.717, 1.165) is 28.8 Å². The Kier molecular flexibility index (Phi) is 3.88. The number of benzene rings is 2. The fraction of sp³-hybridized carbons (Fsp3) is 0.235. The van der Waals surface area contributed by atoms with Gasteiger partial charge in [-0.25, -0.2) is 4.79 Å². The Hall–Kier alpha value is -2.33. The number of aliphatic hydroxyl groups is 1. The molecule has 0 unspecified atom stereocenters. The third-order valence-corrected chi connectivity index (χ3v) is 3.72. The summed E-state index contributed by atoms with van der Waals surface area (Å²) in [5, 5.41) is 9.34. The maximum atomic E-state index is 12.2. The Bertz CT molecular complexity index is 640. The van der Waals surface area contributed by atoms with Crippen molar-refractivity contribution in [3.63, 3.8) is 0 Å². The SMILES string of the molecule is O=C(OCc1ccccc1)N1CCc2c(CO)cccc21. The standard InChI is InChI=1S/C17H17NO3/c19-11-14-7-4-8-16-15(14)9-10-18(16)17(20)21-12-13-5-2-1-3-6-13/h1-8,19H,9-12H2. The number of rotatable bonds is 3.